The van der Waals surface area contributed by atoms with Gasteiger partial charge >= 0.3 is 0 Å². The average Bonchev–Trinajstić information content (AvgIpc) is 2.93. The van der Waals surface area contributed by atoms with E-state index >= 15 is 0 Å². The second kappa shape index (κ2) is 9.58. The van der Waals surface area contributed by atoms with E-state index in [9.17, 15) is 4.39 Å². The molecule has 0 aromatic carbocycles. The van der Waals surface area contributed by atoms with Crippen molar-refractivity contribution in [2.24, 2.45) is 15.7 Å². The minimum absolute atomic E-state index is 0.246. The van der Waals surface area contributed by atoms with E-state index in [-0.39, 0.29) is 6.54 Å². The summed E-state index contributed by atoms with van der Waals surface area (Å²) in [5, 5.41) is 0. The first-order valence-corrected chi connectivity index (χ1v) is 6.65. The number of hydrogen-bond donors (Lipinski definition) is 1. The molecule has 106 valence electrons. The molecule has 0 aromatic heterocycles. The third kappa shape index (κ3) is 6.40. The largest absolute Gasteiger partial charge is 0.327 e. The predicted molar refractivity (Wildman–Crippen MR) is 79.3 cm³/mol. The number of halogens is 1. The Morgan fingerprint density at radius 3 is 2.63 bits per heavy atom. The molecule has 0 aromatic rings. The minimum Gasteiger partial charge on any atom is -0.327 e. The summed E-state index contributed by atoms with van der Waals surface area (Å²) in [4.78, 5) is 10.5. The molecule has 0 atom stereocenters. The van der Waals surface area contributed by atoms with E-state index in [2.05, 4.69) is 21.6 Å². The van der Waals surface area contributed by atoms with Crippen LogP contribution in [0.15, 0.2) is 33.7 Å². The van der Waals surface area contributed by atoms with Gasteiger partial charge in [-0.05, 0) is 56.6 Å². The Hall–Kier alpha value is -1.33. The molecule has 1 aliphatic rings. The molecule has 0 amide bonds. The van der Waals surface area contributed by atoms with Crippen molar-refractivity contribution in [3.05, 3.63) is 23.7 Å². The molecule has 0 aliphatic carbocycles. The molecule has 1 rings (SSSR count). The van der Waals surface area contributed by atoms with Crippen LogP contribution in [0.25, 0.3) is 0 Å². The van der Waals surface area contributed by atoms with Crippen molar-refractivity contribution in [2.45, 2.75) is 25.7 Å². The van der Waals surface area contributed by atoms with Gasteiger partial charge in [0.25, 0.3) is 0 Å². The zero-order valence-electron chi connectivity index (χ0n) is 11.4. The fourth-order valence-electron chi connectivity index (χ4n) is 1.98. The van der Waals surface area contributed by atoms with E-state index in [1.165, 1.54) is 12.8 Å². The monoisotopic (exact) mass is 266 g/mol. The van der Waals surface area contributed by atoms with E-state index in [1.54, 1.807) is 12.4 Å². The van der Waals surface area contributed by atoms with Crippen molar-refractivity contribution in [3.8, 4) is 0 Å². The van der Waals surface area contributed by atoms with Crippen LogP contribution in [0, 0.1) is 0 Å². The number of likely N-dealkylation sites (tertiary alicyclic amines) is 1. The summed E-state index contributed by atoms with van der Waals surface area (Å²) in [6.07, 6.45) is 7.83. The van der Waals surface area contributed by atoms with Crippen LogP contribution in [0.5, 0.6) is 0 Å². The first-order valence-electron chi connectivity index (χ1n) is 6.65. The normalized spacial score (nSPS) is 18.4. The highest BCUT2D eigenvalue weighted by Crippen LogP contribution is 2.11. The van der Waals surface area contributed by atoms with Crippen LogP contribution < -0.4 is 5.73 Å². The number of aliphatic imine (C=N–C) groups is 2. The number of nitrogens with zero attached hydrogens (tertiary/aromatic N) is 3. The third-order valence-electron chi connectivity index (χ3n) is 3.15. The number of allylic oxidation sites excluding steroid dienone is 1. The summed E-state index contributed by atoms with van der Waals surface area (Å²) in [7, 11) is 0. The molecule has 0 saturated carbocycles. The summed E-state index contributed by atoms with van der Waals surface area (Å²) < 4.78 is 12.4. The highest BCUT2D eigenvalue weighted by atomic mass is 19.1. The Kier molecular flexibility index (Phi) is 7.93. The van der Waals surface area contributed by atoms with E-state index in [0.717, 1.165) is 25.3 Å². The van der Waals surface area contributed by atoms with Gasteiger partial charge in [0.15, 0.2) is 0 Å². The Morgan fingerprint density at radius 1 is 1.32 bits per heavy atom. The number of rotatable bonds is 8. The lowest BCUT2D eigenvalue weighted by Crippen LogP contribution is -2.19. The molecule has 1 heterocycles. The zero-order valence-corrected chi connectivity index (χ0v) is 11.4. The van der Waals surface area contributed by atoms with Gasteiger partial charge in [-0.2, -0.15) is 0 Å². The quantitative estimate of drug-likeness (QED) is 0.685. The topological polar surface area (TPSA) is 54.0 Å². The predicted octanol–water partition coefficient (Wildman–Crippen LogP) is 2.29. The van der Waals surface area contributed by atoms with E-state index in [4.69, 9.17) is 5.73 Å². The Labute approximate surface area is 114 Å². The molecule has 5 heteroatoms. The average molecular weight is 266 g/mol. The summed E-state index contributed by atoms with van der Waals surface area (Å²) in [5.74, 6) is 0. The smallest absolute Gasteiger partial charge is 0.0909 e. The van der Waals surface area contributed by atoms with E-state index < -0.39 is 0 Å². The second-order valence-electron chi connectivity index (χ2n) is 4.64. The van der Waals surface area contributed by atoms with Crippen molar-refractivity contribution in [3.63, 3.8) is 0 Å². The van der Waals surface area contributed by atoms with Crippen molar-refractivity contribution < 1.29 is 4.39 Å². The Morgan fingerprint density at radius 2 is 2.05 bits per heavy atom. The lowest BCUT2D eigenvalue weighted by atomic mass is 10.1. The summed E-state index contributed by atoms with van der Waals surface area (Å²) >= 11 is 0. The van der Waals surface area contributed by atoms with Crippen LogP contribution in [0.4, 0.5) is 4.39 Å². The number of hydrogen-bond acceptors (Lipinski definition) is 4. The zero-order chi connectivity index (χ0) is 13.9. The van der Waals surface area contributed by atoms with Gasteiger partial charge in [0.05, 0.1) is 13.0 Å². The van der Waals surface area contributed by atoms with Crippen molar-refractivity contribution >= 4 is 12.9 Å². The standard InChI is InChI=1S/C14H23FN4/c1-17-10-14(5-4-13(8-15)9-16)11-18-12-19-6-2-3-7-19/h8,10-11H,1-7,9,12,16H2/b13-8-,14-10-,18-11-. The summed E-state index contributed by atoms with van der Waals surface area (Å²) in [5.41, 5.74) is 6.97. The van der Waals surface area contributed by atoms with Gasteiger partial charge in [-0.1, -0.05) is 0 Å². The lowest BCUT2D eigenvalue weighted by Gasteiger charge is -2.10. The van der Waals surface area contributed by atoms with Crippen molar-refractivity contribution in [1.82, 2.24) is 4.90 Å². The molecule has 0 unspecified atom stereocenters. The first-order chi connectivity index (χ1) is 9.30. The molecule has 1 aliphatic heterocycles. The van der Waals surface area contributed by atoms with Gasteiger partial charge in [0.2, 0.25) is 0 Å². The first kappa shape index (κ1) is 15.7. The Balaban J connectivity index is 2.41. The molecule has 1 fully saturated rings. The van der Waals surface area contributed by atoms with Gasteiger partial charge in [0.1, 0.15) is 0 Å². The van der Waals surface area contributed by atoms with Crippen molar-refractivity contribution in [2.75, 3.05) is 26.3 Å². The second-order valence-corrected chi connectivity index (χ2v) is 4.64. The molecular weight excluding hydrogens is 243 g/mol. The highest BCUT2D eigenvalue weighted by Gasteiger charge is 2.09. The van der Waals surface area contributed by atoms with Crippen LogP contribution in [0.2, 0.25) is 0 Å². The maximum absolute atomic E-state index is 12.4. The summed E-state index contributed by atoms with van der Waals surface area (Å²) in [6.45, 7) is 6.65. The van der Waals surface area contributed by atoms with Gasteiger partial charge in [-0.15, -0.1) is 0 Å². The van der Waals surface area contributed by atoms with Crippen LogP contribution >= 0.6 is 0 Å². The van der Waals surface area contributed by atoms with E-state index in [1.807, 2.05) is 0 Å². The molecular formula is C14H23FN4. The maximum Gasteiger partial charge on any atom is 0.0909 e. The molecule has 2 N–H and O–H groups in total. The molecule has 0 spiro atoms. The Bertz CT molecular complexity index is 354. The number of nitrogens with two attached hydrogens (primary N) is 1. The third-order valence-corrected chi connectivity index (χ3v) is 3.15. The van der Waals surface area contributed by atoms with Gasteiger partial charge in [0, 0.05) is 19.0 Å². The van der Waals surface area contributed by atoms with Gasteiger partial charge in [-0.25, -0.2) is 4.39 Å². The van der Waals surface area contributed by atoms with Gasteiger partial charge < -0.3 is 5.73 Å². The minimum atomic E-state index is 0.246. The van der Waals surface area contributed by atoms with Gasteiger partial charge in [-0.3, -0.25) is 14.9 Å². The highest BCUT2D eigenvalue weighted by molar-refractivity contribution is 5.78. The fraction of sp³-hybridized carbons (Fsp3) is 0.571. The van der Waals surface area contributed by atoms with Crippen LogP contribution in [-0.2, 0) is 0 Å². The molecule has 1 saturated heterocycles. The molecule has 4 nitrogen and oxygen atoms in total. The fourth-order valence-corrected chi connectivity index (χ4v) is 1.98. The van der Waals surface area contributed by atoms with Crippen LogP contribution in [0.3, 0.4) is 0 Å². The SMILES string of the molecule is C=N/C=C(\C=N/CN1CCCC1)CC/C(=C/F)CN. The molecule has 0 bridgehead atoms. The van der Waals surface area contributed by atoms with Crippen LogP contribution in [0.1, 0.15) is 25.7 Å². The lowest BCUT2D eigenvalue weighted by molar-refractivity contribution is 0.352. The molecule has 19 heavy (non-hydrogen) atoms. The van der Waals surface area contributed by atoms with Crippen molar-refractivity contribution in [1.29, 1.82) is 0 Å². The maximum atomic E-state index is 12.4. The van der Waals surface area contributed by atoms with E-state index in [0.29, 0.717) is 24.7 Å². The summed E-state index contributed by atoms with van der Waals surface area (Å²) in [6, 6.07) is 0. The molecule has 0 radical (unpaired) electrons. The van der Waals surface area contributed by atoms with Crippen LogP contribution in [-0.4, -0.2) is 44.1 Å².